The molecule has 6 heteroatoms. The third-order valence-corrected chi connectivity index (χ3v) is 4.18. The molecule has 0 bridgehead atoms. The summed E-state index contributed by atoms with van der Waals surface area (Å²) in [5.41, 5.74) is 0. The number of nitrogens with zero attached hydrogens (tertiary/aromatic N) is 3. The minimum atomic E-state index is 0.739. The van der Waals surface area contributed by atoms with Crippen LogP contribution in [0, 0.1) is 6.92 Å². The fraction of sp³-hybridized carbons (Fsp3) is 0.500. The van der Waals surface area contributed by atoms with Crippen molar-refractivity contribution in [3.8, 4) is 0 Å². The van der Waals surface area contributed by atoms with Crippen molar-refractivity contribution in [1.29, 1.82) is 0 Å². The molecule has 2 heterocycles. The molecule has 0 unspecified atom stereocenters. The fourth-order valence-corrected chi connectivity index (χ4v) is 3.15. The van der Waals surface area contributed by atoms with Crippen LogP contribution in [0.4, 0.5) is 0 Å². The van der Waals surface area contributed by atoms with Gasteiger partial charge in [0.05, 0.1) is 13.2 Å². The molecule has 0 aliphatic rings. The average Bonchev–Trinajstić information content (AvgIpc) is 2.98. The van der Waals surface area contributed by atoms with Crippen LogP contribution in [-0.2, 0) is 17.8 Å². The molecule has 18 heavy (non-hydrogen) atoms. The van der Waals surface area contributed by atoms with Crippen LogP contribution in [0.25, 0.3) is 0 Å². The van der Waals surface area contributed by atoms with E-state index in [0.717, 1.165) is 36.3 Å². The number of aryl methyl sites for hydroxylation is 1. The summed E-state index contributed by atoms with van der Waals surface area (Å²) in [6, 6.07) is 4.25. The highest BCUT2D eigenvalue weighted by Gasteiger charge is 2.10. The Labute approximate surface area is 115 Å². The van der Waals surface area contributed by atoms with Gasteiger partial charge in [-0.25, -0.2) is 0 Å². The van der Waals surface area contributed by atoms with Crippen LogP contribution in [0.1, 0.15) is 14.9 Å². The van der Waals surface area contributed by atoms with Crippen molar-refractivity contribution in [3.05, 3.63) is 32.4 Å². The van der Waals surface area contributed by atoms with E-state index in [1.54, 1.807) is 29.8 Å². The predicted molar refractivity (Wildman–Crippen MR) is 75.0 cm³/mol. The number of hydrogen-bond acceptors (Lipinski definition) is 6. The van der Waals surface area contributed by atoms with Crippen LogP contribution in [-0.4, -0.2) is 35.4 Å². The van der Waals surface area contributed by atoms with Gasteiger partial charge >= 0.3 is 0 Å². The molecule has 0 amide bonds. The lowest BCUT2D eigenvalue weighted by atomic mass is 10.4. The van der Waals surface area contributed by atoms with Gasteiger partial charge in [0.15, 0.2) is 0 Å². The fourth-order valence-electron chi connectivity index (χ4n) is 1.65. The van der Waals surface area contributed by atoms with Gasteiger partial charge in [-0.1, -0.05) is 6.07 Å². The van der Waals surface area contributed by atoms with Gasteiger partial charge in [-0.2, -0.15) is 0 Å². The highest BCUT2D eigenvalue weighted by Crippen LogP contribution is 2.16. The molecule has 0 saturated heterocycles. The predicted octanol–water partition coefficient (Wildman–Crippen LogP) is 2.56. The smallest absolute Gasteiger partial charge is 0.131 e. The molecule has 0 spiro atoms. The summed E-state index contributed by atoms with van der Waals surface area (Å²) in [4.78, 5) is 3.71. The third-order valence-electron chi connectivity index (χ3n) is 2.50. The van der Waals surface area contributed by atoms with Gasteiger partial charge in [-0.05, 0) is 18.4 Å². The molecular formula is C12H17N3OS2. The molecule has 0 aromatic carbocycles. The quantitative estimate of drug-likeness (QED) is 0.783. The summed E-state index contributed by atoms with van der Waals surface area (Å²) in [6.07, 6.45) is 0. The molecule has 2 aromatic rings. The Bertz CT molecular complexity index is 456. The topological polar surface area (TPSA) is 38.2 Å². The molecule has 0 N–H and O–H groups in total. The zero-order valence-electron chi connectivity index (χ0n) is 10.6. The molecule has 0 aliphatic carbocycles. The first-order chi connectivity index (χ1) is 8.78. The van der Waals surface area contributed by atoms with Crippen molar-refractivity contribution in [1.82, 2.24) is 15.1 Å². The lowest BCUT2D eigenvalue weighted by Crippen LogP contribution is -2.26. The molecule has 0 fully saturated rings. The zero-order valence-corrected chi connectivity index (χ0v) is 12.3. The normalized spacial score (nSPS) is 11.3. The molecule has 2 rings (SSSR count). The minimum Gasteiger partial charge on any atom is -0.383 e. The van der Waals surface area contributed by atoms with Crippen molar-refractivity contribution in [2.75, 3.05) is 20.3 Å². The average molecular weight is 283 g/mol. The van der Waals surface area contributed by atoms with Crippen LogP contribution < -0.4 is 0 Å². The van der Waals surface area contributed by atoms with E-state index < -0.39 is 0 Å². The van der Waals surface area contributed by atoms with Gasteiger partial charge in [0.1, 0.15) is 10.0 Å². The standard InChI is InChI=1S/C12H17N3OS2/c1-10-13-14-12(18-10)9-15(5-6-16-2)8-11-4-3-7-17-11/h3-4,7H,5-6,8-9H2,1-2H3. The molecule has 2 aromatic heterocycles. The second-order valence-electron chi connectivity index (χ2n) is 4.00. The molecule has 0 aliphatic heterocycles. The Morgan fingerprint density at radius 1 is 1.33 bits per heavy atom. The molecule has 0 radical (unpaired) electrons. The minimum absolute atomic E-state index is 0.739. The SMILES string of the molecule is COCCN(Cc1cccs1)Cc1nnc(C)s1. The van der Waals surface area contributed by atoms with Crippen LogP contribution in [0.5, 0.6) is 0 Å². The van der Waals surface area contributed by atoms with Gasteiger partial charge < -0.3 is 4.74 Å². The number of thiophene rings is 1. The van der Waals surface area contributed by atoms with Crippen molar-refractivity contribution in [2.24, 2.45) is 0 Å². The van der Waals surface area contributed by atoms with E-state index in [9.17, 15) is 0 Å². The Hall–Kier alpha value is -0.820. The Kier molecular flexibility index (Phi) is 5.25. The third kappa shape index (κ3) is 4.13. The monoisotopic (exact) mass is 283 g/mol. The Morgan fingerprint density at radius 3 is 2.83 bits per heavy atom. The lowest BCUT2D eigenvalue weighted by Gasteiger charge is -2.19. The Morgan fingerprint density at radius 2 is 2.22 bits per heavy atom. The van der Waals surface area contributed by atoms with Gasteiger partial charge in [0.25, 0.3) is 0 Å². The molecule has 0 saturated carbocycles. The van der Waals surface area contributed by atoms with Crippen molar-refractivity contribution < 1.29 is 4.74 Å². The second-order valence-corrected chi connectivity index (χ2v) is 6.30. The molecule has 98 valence electrons. The zero-order chi connectivity index (χ0) is 12.8. The second kappa shape index (κ2) is 6.94. The highest BCUT2D eigenvalue weighted by molar-refractivity contribution is 7.11. The van der Waals surface area contributed by atoms with Gasteiger partial charge in [0.2, 0.25) is 0 Å². The first-order valence-corrected chi connectivity index (χ1v) is 7.50. The van der Waals surface area contributed by atoms with E-state index in [1.807, 2.05) is 6.92 Å². The van der Waals surface area contributed by atoms with E-state index in [-0.39, 0.29) is 0 Å². The maximum Gasteiger partial charge on any atom is 0.131 e. The summed E-state index contributed by atoms with van der Waals surface area (Å²) in [7, 11) is 1.73. The first kappa shape index (κ1) is 13.6. The summed E-state index contributed by atoms with van der Waals surface area (Å²) in [5, 5.41) is 12.4. The van der Waals surface area contributed by atoms with Gasteiger partial charge in [-0.15, -0.1) is 32.9 Å². The van der Waals surface area contributed by atoms with Crippen LogP contribution in [0.15, 0.2) is 17.5 Å². The van der Waals surface area contributed by atoms with Crippen LogP contribution >= 0.6 is 22.7 Å². The molecule has 0 atom stereocenters. The van der Waals surface area contributed by atoms with E-state index in [1.165, 1.54) is 4.88 Å². The van der Waals surface area contributed by atoms with Crippen LogP contribution in [0.3, 0.4) is 0 Å². The number of hydrogen-bond donors (Lipinski definition) is 0. The van der Waals surface area contributed by atoms with E-state index >= 15 is 0 Å². The van der Waals surface area contributed by atoms with E-state index in [0.29, 0.717) is 0 Å². The Balaban J connectivity index is 1.95. The summed E-state index contributed by atoms with van der Waals surface area (Å²) in [6.45, 7) is 5.42. The molecular weight excluding hydrogens is 266 g/mol. The summed E-state index contributed by atoms with van der Waals surface area (Å²) < 4.78 is 5.16. The highest BCUT2D eigenvalue weighted by atomic mass is 32.1. The van der Waals surface area contributed by atoms with E-state index in [2.05, 4.69) is 32.6 Å². The maximum absolute atomic E-state index is 5.16. The maximum atomic E-state index is 5.16. The van der Waals surface area contributed by atoms with Crippen molar-refractivity contribution >= 4 is 22.7 Å². The number of methoxy groups -OCH3 is 1. The first-order valence-electron chi connectivity index (χ1n) is 5.80. The van der Waals surface area contributed by atoms with E-state index in [4.69, 9.17) is 4.74 Å². The lowest BCUT2D eigenvalue weighted by molar-refractivity contribution is 0.140. The van der Waals surface area contributed by atoms with Gasteiger partial charge in [-0.3, -0.25) is 4.90 Å². The number of rotatable bonds is 7. The largest absolute Gasteiger partial charge is 0.383 e. The summed E-state index contributed by atoms with van der Waals surface area (Å²) >= 11 is 3.45. The number of aromatic nitrogens is 2. The van der Waals surface area contributed by atoms with Crippen LogP contribution in [0.2, 0.25) is 0 Å². The molecule has 4 nitrogen and oxygen atoms in total. The van der Waals surface area contributed by atoms with Crippen molar-refractivity contribution in [2.45, 2.75) is 20.0 Å². The summed E-state index contributed by atoms with van der Waals surface area (Å²) in [5.74, 6) is 0. The van der Waals surface area contributed by atoms with Gasteiger partial charge in [0, 0.05) is 25.1 Å². The number of ether oxygens (including phenoxy) is 1. The van der Waals surface area contributed by atoms with Crippen molar-refractivity contribution in [3.63, 3.8) is 0 Å².